The second-order valence-electron chi connectivity index (χ2n) is 1.80. The lowest BCUT2D eigenvalue weighted by molar-refractivity contribution is 0.627. The zero-order valence-electron chi connectivity index (χ0n) is 6.26. The van der Waals surface area contributed by atoms with E-state index in [-0.39, 0.29) is 5.82 Å². The first kappa shape index (κ1) is 9.11. The normalized spacial score (nSPS) is 8.00. The molecule has 0 fully saturated rings. The zero-order valence-corrected chi connectivity index (χ0v) is 6.26. The van der Waals surface area contributed by atoms with Gasteiger partial charge in [-0.1, -0.05) is 17.7 Å². The summed E-state index contributed by atoms with van der Waals surface area (Å²) in [5.41, 5.74) is 5.59. The van der Waals surface area contributed by atoms with Crippen molar-refractivity contribution in [3.05, 3.63) is 35.6 Å². The molecular weight excluding hydrogens is 129 g/mol. The van der Waals surface area contributed by atoms with Crippen molar-refractivity contribution in [1.29, 1.82) is 0 Å². The quantitative estimate of drug-likeness (QED) is 0.584. The third-order valence-electron chi connectivity index (χ3n) is 1.01. The molecule has 1 aromatic carbocycles. The number of aryl methyl sites for hydroxylation is 1. The van der Waals surface area contributed by atoms with Gasteiger partial charge < -0.3 is 5.73 Å². The summed E-state index contributed by atoms with van der Waals surface area (Å²) in [5, 5.41) is 0. The van der Waals surface area contributed by atoms with Crippen LogP contribution in [0, 0.1) is 12.7 Å². The Kier molecular flexibility index (Phi) is 4.50. The molecule has 0 amide bonds. The molecule has 0 radical (unpaired) electrons. The van der Waals surface area contributed by atoms with Gasteiger partial charge >= 0.3 is 0 Å². The fourth-order valence-electron chi connectivity index (χ4n) is 0.533. The second-order valence-corrected chi connectivity index (χ2v) is 1.80. The molecule has 1 rings (SSSR count). The van der Waals surface area contributed by atoms with Crippen molar-refractivity contribution in [3.63, 3.8) is 0 Å². The first-order chi connectivity index (χ1) is 4.79. The van der Waals surface area contributed by atoms with E-state index >= 15 is 0 Å². The Morgan fingerprint density at radius 1 is 1.10 bits per heavy atom. The lowest BCUT2D eigenvalue weighted by atomic mass is 10.2. The molecule has 0 atom stereocenters. The van der Waals surface area contributed by atoms with E-state index in [9.17, 15) is 4.39 Å². The third kappa shape index (κ3) is 3.20. The number of halogens is 1. The van der Waals surface area contributed by atoms with Crippen LogP contribution < -0.4 is 5.73 Å². The minimum atomic E-state index is -0.171. The molecule has 0 bridgehead atoms. The topological polar surface area (TPSA) is 26.0 Å². The van der Waals surface area contributed by atoms with Crippen molar-refractivity contribution in [3.8, 4) is 0 Å². The monoisotopic (exact) mass is 141 g/mol. The molecule has 0 aromatic heterocycles. The summed E-state index contributed by atoms with van der Waals surface area (Å²) in [7, 11) is 1.50. The molecule has 0 saturated heterocycles. The summed E-state index contributed by atoms with van der Waals surface area (Å²) in [5.74, 6) is -0.171. The molecule has 0 aliphatic carbocycles. The van der Waals surface area contributed by atoms with Crippen LogP contribution in [0.4, 0.5) is 4.39 Å². The third-order valence-corrected chi connectivity index (χ3v) is 1.01. The summed E-state index contributed by atoms with van der Waals surface area (Å²) in [4.78, 5) is 0. The summed E-state index contributed by atoms with van der Waals surface area (Å²) in [6, 6.07) is 6.40. The van der Waals surface area contributed by atoms with Crippen LogP contribution in [0.2, 0.25) is 0 Å². The van der Waals surface area contributed by atoms with Crippen LogP contribution in [0.3, 0.4) is 0 Å². The lowest BCUT2D eigenvalue weighted by Gasteiger charge is -1.87. The highest BCUT2D eigenvalue weighted by molar-refractivity contribution is 5.13. The summed E-state index contributed by atoms with van der Waals surface area (Å²) < 4.78 is 12.1. The van der Waals surface area contributed by atoms with Gasteiger partial charge in [-0.15, -0.1) is 0 Å². The maximum atomic E-state index is 12.1. The molecule has 10 heavy (non-hydrogen) atoms. The van der Waals surface area contributed by atoms with E-state index in [4.69, 9.17) is 0 Å². The number of benzene rings is 1. The van der Waals surface area contributed by atoms with E-state index < -0.39 is 0 Å². The van der Waals surface area contributed by atoms with Crippen LogP contribution in [-0.4, -0.2) is 7.05 Å². The minimum Gasteiger partial charge on any atom is -0.333 e. The average molecular weight is 141 g/mol. The molecule has 0 aliphatic heterocycles. The van der Waals surface area contributed by atoms with E-state index in [2.05, 4.69) is 5.73 Å². The summed E-state index contributed by atoms with van der Waals surface area (Å²) in [6.07, 6.45) is 0. The number of hydrogen-bond donors (Lipinski definition) is 1. The number of nitrogens with two attached hydrogens (primary N) is 1. The molecule has 0 unspecified atom stereocenters. The lowest BCUT2D eigenvalue weighted by Crippen LogP contribution is -1.71. The van der Waals surface area contributed by atoms with Gasteiger partial charge in [0.2, 0.25) is 0 Å². The van der Waals surface area contributed by atoms with Crippen molar-refractivity contribution in [2.45, 2.75) is 6.92 Å². The van der Waals surface area contributed by atoms with Crippen LogP contribution in [0.25, 0.3) is 0 Å². The van der Waals surface area contributed by atoms with Gasteiger partial charge in [0.25, 0.3) is 0 Å². The molecule has 0 spiro atoms. The second kappa shape index (κ2) is 4.94. The van der Waals surface area contributed by atoms with E-state index in [0.29, 0.717) is 0 Å². The van der Waals surface area contributed by atoms with Crippen LogP contribution in [0.1, 0.15) is 5.56 Å². The van der Waals surface area contributed by atoms with E-state index in [0.717, 1.165) is 5.56 Å². The fraction of sp³-hybridized carbons (Fsp3) is 0.250. The SMILES string of the molecule is CN.Cc1ccc(F)cc1. The molecule has 0 aliphatic rings. The van der Waals surface area contributed by atoms with E-state index in [1.807, 2.05) is 6.92 Å². The van der Waals surface area contributed by atoms with E-state index in [1.54, 1.807) is 12.1 Å². The highest BCUT2D eigenvalue weighted by Crippen LogP contribution is 1.98. The largest absolute Gasteiger partial charge is 0.333 e. The molecule has 0 heterocycles. The maximum absolute atomic E-state index is 12.1. The van der Waals surface area contributed by atoms with Crippen molar-refractivity contribution >= 4 is 0 Å². The van der Waals surface area contributed by atoms with Crippen molar-refractivity contribution in [2.24, 2.45) is 5.73 Å². The number of hydrogen-bond acceptors (Lipinski definition) is 1. The Morgan fingerprint density at radius 2 is 1.50 bits per heavy atom. The predicted molar refractivity (Wildman–Crippen MR) is 41.2 cm³/mol. The first-order valence-corrected chi connectivity index (χ1v) is 3.09. The molecule has 0 saturated carbocycles. The van der Waals surface area contributed by atoms with Gasteiger partial charge in [-0.25, -0.2) is 4.39 Å². The Morgan fingerprint density at radius 3 is 1.80 bits per heavy atom. The van der Waals surface area contributed by atoms with Crippen molar-refractivity contribution < 1.29 is 4.39 Å². The minimum absolute atomic E-state index is 0.171. The smallest absolute Gasteiger partial charge is 0.123 e. The average Bonchev–Trinajstić information content (AvgIpc) is 2.00. The van der Waals surface area contributed by atoms with Crippen molar-refractivity contribution in [1.82, 2.24) is 0 Å². The molecule has 1 aromatic rings. The van der Waals surface area contributed by atoms with Gasteiger partial charge in [-0.3, -0.25) is 0 Å². The molecular formula is C8H12FN. The molecule has 2 N–H and O–H groups in total. The van der Waals surface area contributed by atoms with Crippen LogP contribution in [0.15, 0.2) is 24.3 Å². The summed E-state index contributed by atoms with van der Waals surface area (Å²) in [6.45, 7) is 1.93. The first-order valence-electron chi connectivity index (χ1n) is 3.09. The van der Waals surface area contributed by atoms with Gasteiger partial charge in [0.15, 0.2) is 0 Å². The van der Waals surface area contributed by atoms with Crippen LogP contribution >= 0.6 is 0 Å². The van der Waals surface area contributed by atoms with Gasteiger partial charge in [-0.2, -0.15) is 0 Å². The Balaban J connectivity index is 0.000000371. The highest BCUT2D eigenvalue weighted by atomic mass is 19.1. The highest BCUT2D eigenvalue weighted by Gasteiger charge is 1.83. The zero-order chi connectivity index (χ0) is 7.98. The van der Waals surface area contributed by atoms with Crippen LogP contribution in [-0.2, 0) is 0 Å². The molecule has 1 nitrogen and oxygen atoms in total. The Labute approximate surface area is 60.7 Å². The van der Waals surface area contributed by atoms with Gasteiger partial charge in [0, 0.05) is 0 Å². The number of rotatable bonds is 0. The predicted octanol–water partition coefficient (Wildman–Crippen LogP) is 1.71. The van der Waals surface area contributed by atoms with Crippen molar-refractivity contribution in [2.75, 3.05) is 7.05 Å². The molecule has 2 heteroatoms. The Hall–Kier alpha value is -0.890. The van der Waals surface area contributed by atoms with Gasteiger partial charge in [0.1, 0.15) is 5.82 Å². The van der Waals surface area contributed by atoms with Crippen LogP contribution in [0.5, 0.6) is 0 Å². The Bertz CT molecular complexity index is 148. The molecule has 56 valence electrons. The van der Waals surface area contributed by atoms with Gasteiger partial charge in [-0.05, 0) is 26.1 Å². The summed E-state index contributed by atoms with van der Waals surface area (Å²) >= 11 is 0. The standard InChI is InChI=1S/C7H7F.CH5N/c1-6-2-4-7(8)5-3-6;1-2/h2-5H,1H3;2H2,1H3. The fourth-order valence-corrected chi connectivity index (χ4v) is 0.533. The maximum Gasteiger partial charge on any atom is 0.123 e. The van der Waals surface area contributed by atoms with Gasteiger partial charge in [0.05, 0.1) is 0 Å². The van der Waals surface area contributed by atoms with E-state index in [1.165, 1.54) is 19.2 Å².